The Balaban J connectivity index is 2.35. The van der Waals surface area contributed by atoms with Gasteiger partial charge in [-0.2, -0.15) is 5.10 Å². The summed E-state index contributed by atoms with van der Waals surface area (Å²) in [5, 5.41) is 8.91. The van der Waals surface area contributed by atoms with Gasteiger partial charge in [0.1, 0.15) is 0 Å². The first-order chi connectivity index (χ1) is 6.42. The largest absolute Gasteiger partial charge is 0.330 e. The van der Waals surface area contributed by atoms with Crippen LogP contribution in [0.3, 0.4) is 0 Å². The normalized spacial score (nSPS) is 10.5. The fraction of sp³-hybridized carbons (Fsp3) is 0.250. The van der Waals surface area contributed by atoms with Gasteiger partial charge in [0, 0.05) is 10.9 Å². The second kappa shape index (κ2) is 3.68. The van der Waals surface area contributed by atoms with Crippen molar-refractivity contribution in [1.82, 2.24) is 15.2 Å². The number of H-pyrrole nitrogens is 1. The highest BCUT2D eigenvalue weighted by Crippen LogP contribution is 2.20. The summed E-state index contributed by atoms with van der Waals surface area (Å²) in [5.74, 6) is 0. The molecule has 0 spiro atoms. The molecule has 0 aliphatic carbocycles. The second-order valence-electron chi connectivity index (χ2n) is 2.68. The molecule has 0 aliphatic rings. The molecule has 2 rings (SSSR count). The van der Waals surface area contributed by atoms with Gasteiger partial charge >= 0.3 is 0 Å². The Hall–Kier alpha value is -1.20. The van der Waals surface area contributed by atoms with Gasteiger partial charge in [-0.3, -0.25) is 5.10 Å². The van der Waals surface area contributed by atoms with Crippen LogP contribution in [0.5, 0.6) is 0 Å². The molecule has 0 aromatic carbocycles. The number of nitrogens with zero attached hydrogens (tertiary/aromatic N) is 2. The minimum Gasteiger partial charge on any atom is -0.330 e. The van der Waals surface area contributed by atoms with Crippen molar-refractivity contribution in [1.29, 1.82) is 0 Å². The van der Waals surface area contributed by atoms with E-state index in [1.807, 2.05) is 17.1 Å². The zero-order chi connectivity index (χ0) is 9.10. The molecule has 13 heavy (non-hydrogen) atoms. The summed E-state index contributed by atoms with van der Waals surface area (Å²) in [6, 6.07) is 0. The molecule has 0 atom stereocenters. The van der Waals surface area contributed by atoms with Crippen molar-refractivity contribution < 1.29 is 0 Å². The van der Waals surface area contributed by atoms with E-state index in [0.29, 0.717) is 6.54 Å². The van der Waals surface area contributed by atoms with Crippen LogP contribution in [0.4, 0.5) is 0 Å². The zero-order valence-corrected chi connectivity index (χ0v) is 7.84. The summed E-state index contributed by atoms with van der Waals surface area (Å²) in [5.41, 5.74) is 10.4. The number of hydrogen-bond acceptors (Lipinski definition) is 4. The lowest BCUT2D eigenvalue weighted by Gasteiger charge is -1.96. The summed E-state index contributed by atoms with van der Waals surface area (Å²) < 4.78 is 0. The molecule has 0 unspecified atom stereocenters. The van der Waals surface area contributed by atoms with E-state index in [9.17, 15) is 0 Å². The molecular formula is C8H10N4S. The van der Waals surface area contributed by atoms with Crippen LogP contribution in [-0.4, -0.2) is 21.7 Å². The summed E-state index contributed by atoms with van der Waals surface area (Å²) in [4.78, 5) is 4.21. The molecule has 0 bridgehead atoms. The Kier molecular flexibility index (Phi) is 2.37. The van der Waals surface area contributed by atoms with Crippen molar-refractivity contribution in [2.75, 3.05) is 6.54 Å². The van der Waals surface area contributed by atoms with Gasteiger partial charge in [0.2, 0.25) is 0 Å². The predicted octanol–water partition coefficient (Wildman–Crippen LogP) is 1.03. The molecule has 3 N–H and O–H groups in total. The third kappa shape index (κ3) is 1.61. The van der Waals surface area contributed by atoms with Crippen molar-refractivity contribution in [2.24, 2.45) is 5.73 Å². The van der Waals surface area contributed by atoms with Crippen LogP contribution in [0.25, 0.3) is 11.4 Å². The van der Waals surface area contributed by atoms with E-state index in [1.54, 1.807) is 11.3 Å². The molecule has 2 heterocycles. The van der Waals surface area contributed by atoms with E-state index < -0.39 is 0 Å². The lowest BCUT2D eigenvalue weighted by molar-refractivity contribution is 0.971. The number of rotatable bonds is 3. The van der Waals surface area contributed by atoms with Crippen LogP contribution in [0.15, 0.2) is 17.1 Å². The number of aromatic nitrogens is 3. The monoisotopic (exact) mass is 194 g/mol. The van der Waals surface area contributed by atoms with Crippen LogP contribution in [0, 0.1) is 0 Å². The van der Waals surface area contributed by atoms with Gasteiger partial charge in [0.05, 0.1) is 23.1 Å². The number of nitrogens with two attached hydrogens (primary N) is 1. The molecule has 68 valence electrons. The molecule has 4 nitrogen and oxygen atoms in total. The third-order valence-corrected chi connectivity index (χ3v) is 2.41. The highest BCUT2D eigenvalue weighted by molar-refractivity contribution is 7.07. The van der Waals surface area contributed by atoms with E-state index in [2.05, 4.69) is 15.2 Å². The van der Waals surface area contributed by atoms with Crippen LogP contribution in [0.1, 0.15) is 5.56 Å². The van der Waals surface area contributed by atoms with Gasteiger partial charge in [-0.15, -0.1) is 11.3 Å². The average Bonchev–Trinajstić information content (AvgIpc) is 2.71. The van der Waals surface area contributed by atoms with Gasteiger partial charge in [-0.25, -0.2) is 4.98 Å². The number of aromatic amines is 1. The van der Waals surface area contributed by atoms with Gasteiger partial charge in [-0.1, -0.05) is 0 Å². The Labute approximate surface area is 79.8 Å². The van der Waals surface area contributed by atoms with E-state index in [0.717, 1.165) is 23.4 Å². The molecule has 0 aliphatic heterocycles. The van der Waals surface area contributed by atoms with Crippen LogP contribution in [-0.2, 0) is 6.42 Å². The predicted molar refractivity (Wildman–Crippen MR) is 52.5 cm³/mol. The third-order valence-electron chi connectivity index (χ3n) is 1.82. The molecule has 2 aromatic heterocycles. The minimum atomic E-state index is 0.636. The van der Waals surface area contributed by atoms with Crippen molar-refractivity contribution in [2.45, 2.75) is 6.42 Å². The van der Waals surface area contributed by atoms with E-state index in [4.69, 9.17) is 5.73 Å². The number of thiazole rings is 1. The van der Waals surface area contributed by atoms with Gasteiger partial charge in [0.15, 0.2) is 0 Å². The zero-order valence-electron chi connectivity index (χ0n) is 7.03. The second-order valence-corrected chi connectivity index (χ2v) is 3.40. The van der Waals surface area contributed by atoms with Gasteiger partial charge in [0.25, 0.3) is 0 Å². The van der Waals surface area contributed by atoms with Gasteiger partial charge < -0.3 is 5.73 Å². The minimum absolute atomic E-state index is 0.636. The summed E-state index contributed by atoms with van der Waals surface area (Å²) in [6.07, 6.45) is 2.64. The van der Waals surface area contributed by atoms with Crippen molar-refractivity contribution in [3.8, 4) is 11.4 Å². The first-order valence-corrected chi connectivity index (χ1v) is 4.97. The SMILES string of the molecule is NCCc1cn[nH]c1-c1cscn1. The molecular weight excluding hydrogens is 184 g/mol. The molecule has 0 saturated carbocycles. The quantitative estimate of drug-likeness (QED) is 0.767. The lowest BCUT2D eigenvalue weighted by atomic mass is 10.1. The topological polar surface area (TPSA) is 67.6 Å². The maximum absolute atomic E-state index is 5.48. The number of nitrogens with one attached hydrogen (secondary N) is 1. The molecule has 0 fully saturated rings. The molecule has 2 aromatic rings. The van der Waals surface area contributed by atoms with Crippen molar-refractivity contribution in [3.63, 3.8) is 0 Å². The molecule has 0 radical (unpaired) electrons. The fourth-order valence-corrected chi connectivity index (χ4v) is 1.76. The molecule has 0 amide bonds. The summed E-state index contributed by atoms with van der Waals surface area (Å²) in [6.45, 7) is 0.636. The maximum Gasteiger partial charge on any atom is 0.0992 e. The first kappa shape index (κ1) is 8.40. The Morgan fingerprint density at radius 2 is 2.46 bits per heavy atom. The number of hydrogen-bond donors (Lipinski definition) is 2. The average molecular weight is 194 g/mol. The van der Waals surface area contributed by atoms with Crippen LogP contribution in [0.2, 0.25) is 0 Å². The van der Waals surface area contributed by atoms with E-state index in [1.165, 1.54) is 0 Å². The molecule has 5 heteroatoms. The van der Waals surface area contributed by atoms with Crippen LogP contribution >= 0.6 is 11.3 Å². The lowest BCUT2D eigenvalue weighted by Crippen LogP contribution is -2.02. The summed E-state index contributed by atoms with van der Waals surface area (Å²) in [7, 11) is 0. The smallest absolute Gasteiger partial charge is 0.0992 e. The molecule has 0 saturated heterocycles. The standard InChI is InChI=1S/C8H10N4S/c9-2-1-6-3-11-12-8(6)7-4-13-5-10-7/h3-5H,1-2,9H2,(H,11,12). The fourth-order valence-electron chi connectivity index (χ4n) is 1.21. The Morgan fingerprint density at radius 3 is 3.15 bits per heavy atom. The first-order valence-electron chi connectivity index (χ1n) is 4.02. The Morgan fingerprint density at radius 1 is 1.54 bits per heavy atom. The van der Waals surface area contributed by atoms with Crippen LogP contribution < -0.4 is 5.73 Å². The maximum atomic E-state index is 5.48. The Bertz CT molecular complexity index is 365. The highest BCUT2D eigenvalue weighted by Gasteiger charge is 2.07. The summed E-state index contributed by atoms with van der Waals surface area (Å²) >= 11 is 1.57. The van der Waals surface area contributed by atoms with Crippen molar-refractivity contribution in [3.05, 3.63) is 22.7 Å². The van der Waals surface area contributed by atoms with E-state index >= 15 is 0 Å². The van der Waals surface area contributed by atoms with Gasteiger partial charge in [-0.05, 0) is 13.0 Å². The van der Waals surface area contributed by atoms with E-state index in [-0.39, 0.29) is 0 Å². The highest BCUT2D eigenvalue weighted by atomic mass is 32.1. The van der Waals surface area contributed by atoms with Crippen molar-refractivity contribution >= 4 is 11.3 Å².